The number of rotatable bonds is 8. The molecule has 2 aromatic carbocycles. The molecule has 0 aliphatic heterocycles. The van der Waals surface area contributed by atoms with Crippen LogP contribution in [-0.4, -0.2) is 30.6 Å². The van der Waals surface area contributed by atoms with E-state index in [9.17, 15) is 22.4 Å². The quantitative estimate of drug-likeness (QED) is 0.375. The van der Waals surface area contributed by atoms with Crippen molar-refractivity contribution in [3.05, 3.63) is 63.8 Å². The summed E-state index contributed by atoms with van der Waals surface area (Å²) < 4.78 is 59.6. The Hall–Kier alpha value is -3.10. The molecule has 0 bridgehead atoms. The Balaban J connectivity index is 2.08. The number of ether oxygens (including phenoxy) is 1. The molecule has 0 aliphatic carbocycles. The topological polar surface area (TPSA) is 47.4 Å². The average molecular weight is 437 g/mol. The second-order valence-electron chi connectivity index (χ2n) is 7.14. The van der Waals surface area contributed by atoms with E-state index >= 15 is 0 Å². The lowest BCUT2D eigenvalue weighted by Gasteiger charge is -2.22. The van der Waals surface area contributed by atoms with Crippen LogP contribution in [0.2, 0.25) is 0 Å². The van der Waals surface area contributed by atoms with Gasteiger partial charge in [0.25, 0.3) is 0 Å². The van der Waals surface area contributed by atoms with E-state index in [-0.39, 0.29) is 17.9 Å². The van der Waals surface area contributed by atoms with Crippen LogP contribution in [0.5, 0.6) is 5.75 Å². The van der Waals surface area contributed by atoms with Crippen LogP contribution in [0.3, 0.4) is 0 Å². The molecule has 0 radical (unpaired) electrons. The molecule has 0 spiro atoms. The van der Waals surface area contributed by atoms with Crippen molar-refractivity contribution in [2.75, 3.05) is 25.7 Å². The summed E-state index contributed by atoms with van der Waals surface area (Å²) >= 11 is 0. The predicted molar refractivity (Wildman–Crippen MR) is 111 cm³/mol. The van der Waals surface area contributed by atoms with E-state index in [0.717, 1.165) is 6.07 Å². The van der Waals surface area contributed by atoms with Gasteiger partial charge < -0.3 is 9.64 Å². The minimum Gasteiger partial charge on any atom is -0.494 e. The number of fused-ring (bicyclic) bond motifs is 1. The fraction of sp³-hybridized carbons (Fsp3) is 0.364. The standard InChI is InChI=1S/C22H23F4N3O2/c1-28(14-15-8-3-4-10-17(15)22(24,25)26)21-20(30)16-9-7-11-18(31-2)19(16)29(27-21)13-6-5-12-23/h3-4,7-11H,5-6,12-14H2,1-2H3. The highest BCUT2D eigenvalue weighted by molar-refractivity contribution is 5.86. The molecule has 0 saturated heterocycles. The van der Waals surface area contributed by atoms with Crippen molar-refractivity contribution in [3.8, 4) is 5.75 Å². The molecule has 3 aromatic rings. The summed E-state index contributed by atoms with van der Waals surface area (Å²) in [6.45, 7) is -0.296. The number of hydrogen-bond acceptors (Lipinski definition) is 4. The Bertz CT molecular complexity index is 1110. The highest BCUT2D eigenvalue weighted by Gasteiger charge is 2.33. The average Bonchev–Trinajstić information content (AvgIpc) is 2.74. The lowest BCUT2D eigenvalue weighted by molar-refractivity contribution is -0.138. The van der Waals surface area contributed by atoms with Gasteiger partial charge in [-0.1, -0.05) is 24.3 Å². The first-order chi connectivity index (χ1) is 14.8. The molecule has 0 unspecified atom stereocenters. The van der Waals surface area contributed by atoms with Crippen LogP contribution in [-0.2, 0) is 19.3 Å². The smallest absolute Gasteiger partial charge is 0.416 e. The van der Waals surface area contributed by atoms with Crippen molar-refractivity contribution in [2.45, 2.75) is 32.1 Å². The molecule has 166 valence electrons. The molecule has 31 heavy (non-hydrogen) atoms. The summed E-state index contributed by atoms with van der Waals surface area (Å²) in [4.78, 5) is 14.5. The van der Waals surface area contributed by atoms with E-state index < -0.39 is 23.8 Å². The number of methoxy groups -OCH3 is 1. The first kappa shape index (κ1) is 22.6. The molecule has 0 fully saturated rings. The van der Waals surface area contributed by atoms with Crippen molar-refractivity contribution in [3.63, 3.8) is 0 Å². The van der Waals surface area contributed by atoms with Crippen LogP contribution in [0, 0.1) is 0 Å². The number of halogens is 4. The maximum absolute atomic E-state index is 13.4. The Labute approximate surface area is 176 Å². The van der Waals surface area contributed by atoms with Gasteiger partial charge in [-0.2, -0.15) is 18.3 Å². The molecule has 0 aliphatic rings. The molecule has 0 N–H and O–H groups in total. The van der Waals surface area contributed by atoms with Crippen molar-refractivity contribution < 1.29 is 22.3 Å². The third-order valence-electron chi connectivity index (χ3n) is 4.99. The van der Waals surface area contributed by atoms with Crippen LogP contribution in [0.1, 0.15) is 24.0 Å². The Kier molecular flexibility index (Phi) is 6.82. The largest absolute Gasteiger partial charge is 0.494 e. The minimum absolute atomic E-state index is 0.0120. The van der Waals surface area contributed by atoms with Crippen molar-refractivity contribution in [1.29, 1.82) is 0 Å². The van der Waals surface area contributed by atoms with Crippen LogP contribution in [0.4, 0.5) is 23.4 Å². The zero-order valence-electron chi connectivity index (χ0n) is 17.2. The Morgan fingerprint density at radius 3 is 2.52 bits per heavy atom. The van der Waals surface area contributed by atoms with Gasteiger partial charge in [-0.15, -0.1) is 0 Å². The second kappa shape index (κ2) is 9.36. The maximum Gasteiger partial charge on any atom is 0.416 e. The number of hydrogen-bond donors (Lipinski definition) is 0. The van der Waals surface area contributed by atoms with Gasteiger partial charge in [0.1, 0.15) is 11.3 Å². The molecule has 3 rings (SSSR count). The van der Waals surface area contributed by atoms with Gasteiger partial charge in [0.2, 0.25) is 5.43 Å². The fourth-order valence-corrected chi connectivity index (χ4v) is 3.50. The monoisotopic (exact) mass is 437 g/mol. The van der Waals surface area contributed by atoms with Gasteiger partial charge in [0.05, 0.1) is 24.7 Å². The van der Waals surface area contributed by atoms with E-state index in [1.165, 1.54) is 37.3 Å². The number of para-hydroxylation sites is 1. The third-order valence-corrected chi connectivity index (χ3v) is 4.99. The summed E-state index contributed by atoms with van der Waals surface area (Å²) in [5, 5.41) is 4.75. The Morgan fingerprint density at radius 2 is 1.84 bits per heavy atom. The molecule has 9 heteroatoms. The van der Waals surface area contributed by atoms with Crippen molar-refractivity contribution in [2.24, 2.45) is 0 Å². The van der Waals surface area contributed by atoms with Gasteiger partial charge in [-0.05, 0) is 36.6 Å². The van der Waals surface area contributed by atoms with Crippen LogP contribution in [0.25, 0.3) is 10.9 Å². The van der Waals surface area contributed by atoms with E-state index in [4.69, 9.17) is 4.74 Å². The van der Waals surface area contributed by atoms with Gasteiger partial charge in [0.15, 0.2) is 5.82 Å². The van der Waals surface area contributed by atoms with Gasteiger partial charge in [-0.3, -0.25) is 13.9 Å². The van der Waals surface area contributed by atoms with Crippen LogP contribution in [0.15, 0.2) is 47.3 Å². The lowest BCUT2D eigenvalue weighted by atomic mass is 10.1. The summed E-state index contributed by atoms with van der Waals surface area (Å²) in [5.74, 6) is 0.456. The van der Waals surface area contributed by atoms with Gasteiger partial charge in [-0.25, -0.2) is 0 Å². The van der Waals surface area contributed by atoms with E-state index in [0.29, 0.717) is 36.0 Å². The molecule has 5 nitrogen and oxygen atoms in total. The molecule has 0 saturated carbocycles. The van der Waals surface area contributed by atoms with E-state index in [1.807, 2.05) is 0 Å². The lowest BCUT2D eigenvalue weighted by Crippen LogP contribution is -2.28. The number of unbranched alkanes of at least 4 members (excludes halogenated alkanes) is 1. The van der Waals surface area contributed by atoms with Crippen molar-refractivity contribution in [1.82, 2.24) is 9.78 Å². The SMILES string of the molecule is COc1cccc2c(=O)c(N(C)Cc3ccccc3C(F)(F)F)nn(CCCCF)c12. The van der Waals surface area contributed by atoms with Gasteiger partial charge >= 0.3 is 6.18 Å². The number of nitrogens with zero attached hydrogens (tertiary/aromatic N) is 3. The molecule has 0 amide bonds. The third kappa shape index (κ3) is 4.81. The molecule has 1 aromatic heterocycles. The molecule has 1 heterocycles. The predicted octanol–water partition coefficient (Wildman–Crippen LogP) is 4.81. The number of benzene rings is 2. The van der Waals surface area contributed by atoms with E-state index in [2.05, 4.69) is 5.10 Å². The van der Waals surface area contributed by atoms with Crippen LogP contribution >= 0.6 is 0 Å². The molecule has 0 atom stereocenters. The van der Waals surface area contributed by atoms with Crippen LogP contribution < -0.4 is 15.1 Å². The zero-order chi connectivity index (χ0) is 22.6. The molecular formula is C22H23F4N3O2. The first-order valence-corrected chi connectivity index (χ1v) is 9.78. The fourth-order valence-electron chi connectivity index (χ4n) is 3.50. The number of aromatic nitrogens is 2. The second-order valence-corrected chi connectivity index (χ2v) is 7.14. The van der Waals surface area contributed by atoms with E-state index in [1.54, 1.807) is 22.9 Å². The summed E-state index contributed by atoms with van der Waals surface area (Å²) in [5.41, 5.74) is -0.662. The number of alkyl halides is 4. The highest BCUT2D eigenvalue weighted by atomic mass is 19.4. The Morgan fingerprint density at radius 1 is 1.10 bits per heavy atom. The summed E-state index contributed by atoms with van der Waals surface area (Å²) in [6, 6.07) is 10.2. The molecular weight excluding hydrogens is 414 g/mol. The zero-order valence-corrected chi connectivity index (χ0v) is 17.2. The minimum atomic E-state index is -4.51. The van der Waals surface area contributed by atoms with Crippen molar-refractivity contribution >= 4 is 16.7 Å². The normalized spacial score (nSPS) is 11.7. The first-order valence-electron chi connectivity index (χ1n) is 9.78. The summed E-state index contributed by atoms with van der Waals surface area (Å²) in [7, 11) is 2.99. The highest BCUT2D eigenvalue weighted by Crippen LogP contribution is 2.32. The maximum atomic E-state index is 13.4. The summed E-state index contributed by atoms with van der Waals surface area (Å²) in [6.07, 6.45) is -3.69. The number of aryl methyl sites for hydroxylation is 1. The van der Waals surface area contributed by atoms with Gasteiger partial charge in [0, 0.05) is 20.1 Å². The number of anilines is 1.